The molecule has 2 N–H and O–H groups in total. The zero-order valence-corrected chi connectivity index (χ0v) is 17.3. The lowest BCUT2D eigenvalue weighted by atomic mass is 9.92. The quantitative estimate of drug-likeness (QED) is 0.789. The molecule has 0 bridgehead atoms. The van der Waals surface area contributed by atoms with Crippen molar-refractivity contribution in [1.29, 1.82) is 0 Å². The number of hydrogen-bond acceptors (Lipinski definition) is 4. The molecule has 1 heterocycles. The Kier molecular flexibility index (Phi) is 6.21. The number of nitrogens with zero attached hydrogens (tertiary/aromatic N) is 2. The van der Waals surface area contributed by atoms with Crippen LogP contribution in [0.3, 0.4) is 0 Å². The molecule has 7 nitrogen and oxygen atoms in total. The van der Waals surface area contributed by atoms with Crippen molar-refractivity contribution in [2.45, 2.75) is 49.2 Å². The molecule has 0 atom stereocenters. The van der Waals surface area contributed by atoms with E-state index in [1.54, 1.807) is 37.4 Å². The number of carbonyl (C=O) groups is 1. The highest BCUT2D eigenvalue weighted by Gasteiger charge is 2.36. The Morgan fingerprint density at radius 3 is 2.22 bits per heavy atom. The normalized spacial score (nSPS) is 14.3. The van der Waals surface area contributed by atoms with Crippen molar-refractivity contribution in [3.8, 4) is 0 Å². The Hall–Kier alpha value is -2.06. The predicted octanol–water partition coefficient (Wildman–Crippen LogP) is 4.08. The Morgan fingerprint density at radius 1 is 1.26 bits per heavy atom. The van der Waals surface area contributed by atoms with E-state index in [0.29, 0.717) is 15.7 Å². The summed E-state index contributed by atoms with van der Waals surface area (Å²) in [6.07, 6.45) is 0.518. The van der Waals surface area contributed by atoms with E-state index in [0.717, 1.165) is 18.5 Å². The first-order chi connectivity index (χ1) is 12.4. The number of amides is 1. The van der Waals surface area contributed by atoms with Crippen LogP contribution < -0.4 is 5.32 Å². The number of halogens is 1. The molecule has 1 aliphatic rings. The molecule has 0 aliphatic heterocycles. The minimum absolute atomic E-state index is 0.0732. The van der Waals surface area contributed by atoms with Crippen molar-refractivity contribution in [2.24, 2.45) is 7.05 Å². The first-order valence-corrected chi connectivity index (χ1v) is 10.4. The summed E-state index contributed by atoms with van der Waals surface area (Å²) in [6, 6.07) is 8.09. The number of aromatic nitrogens is 2. The maximum absolute atomic E-state index is 11.7. The van der Waals surface area contributed by atoms with E-state index in [-0.39, 0.29) is 10.7 Å². The molecule has 1 aromatic carbocycles. The number of hydrogen-bond donors (Lipinski definition) is 2. The summed E-state index contributed by atoms with van der Waals surface area (Å²) in [5, 5.41) is 15.5. The van der Waals surface area contributed by atoms with E-state index >= 15 is 0 Å². The Labute approximate surface area is 164 Å². The smallest absolute Gasteiger partial charge is 0.410 e. The number of nitrogens with one attached hydrogen (secondary N) is 1. The molecule has 1 aliphatic carbocycles. The van der Waals surface area contributed by atoms with Gasteiger partial charge < -0.3 is 5.11 Å². The molecule has 0 unspecified atom stereocenters. The summed E-state index contributed by atoms with van der Waals surface area (Å²) in [5.41, 5.74) is 0.791. The van der Waals surface area contributed by atoms with E-state index in [9.17, 15) is 13.2 Å². The standard InChI is InChI=1S/C9H9ClO2S.C9H15N3O2/c10-7-1-3-8(4-2-7)13(11,12)9-5-6-9;1-9(2,3)6-5-7(10-8(13)14)12(4)11-6/h1-4,9H,5-6H2;5,10H,1-4H3,(H,13,14). The SMILES string of the molecule is Cn1nc(C(C)(C)C)cc1NC(=O)O.O=S(=O)(c1ccc(Cl)cc1)C1CC1. The van der Waals surface area contributed by atoms with E-state index in [1.165, 1.54) is 4.68 Å². The second-order valence-electron chi connectivity index (χ2n) is 7.42. The predicted molar refractivity (Wildman–Crippen MR) is 105 cm³/mol. The van der Waals surface area contributed by atoms with Crippen LogP contribution in [0.15, 0.2) is 35.2 Å². The molecular weight excluding hydrogens is 390 g/mol. The van der Waals surface area contributed by atoms with Crippen LogP contribution in [0.25, 0.3) is 0 Å². The van der Waals surface area contributed by atoms with Crippen molar-refractivity contribution >= 4 is 33.3 Å². The third kappa shape index (κ3) is 5.71. The maximum Gasteiger partial charge on any atom is 0.410 e. The summed E-state index contributed by atoms with van der Waals surface area (Å²) in [4.78, 5) is 10.8. The minimum atomic E-state index is -3.04. The van der Waals surface area contributed by atoms with Gasteiger partial charge in [0, 0.05) is 23.6 Å². The topological polar surface area (TPSA) is 101 Å². The molecule has 1 aromatic heterocycles. The lowest BCUT2D eigenvalue weighted by molar-refractivity contribution is 0.209. The van der Waals surface area contributed by atoms with Gasteiger partial charge in [0.15, 0.2) is 9.84 Å². The van der Waals surface area contributed by atoms with E-state index < -0.39 is 15.9 Å². The van der Waals surface area contributed by atoms with E-state index in [1.807, 2.05) is 20.8 Å². The Bertz CT molecular complexity index is 911. The molecule has 1 fully saturated rings. The molecule has 3 rings (SSSR count). The van der Waals surface area contributed by atoms with Gasteiger partial charge in [0.2, 0.25) is 0 Å². The fourth-order valence-electron chi connectivity index (χ4n) is 2.26. The number of anilines is 1. The monoisotopic (exact) mass is 413 g/mol. The molecule has 1 amide bonds. The fourth-order valence-corrected chi connectivity index (χ4v) is 4.04. The zero-order valence-electron chi connectivity index (χ0n) is 15.7. The van der Waals surface area contributed by atoms with Gasteiger partial charge in [-0.1, -0.05) is 32.4 Å². The first kappa shape index (κ1) is 21.2. The summed E-state index contributed by atoms with van der Waals surface area (Å²) in [5.74, 6) is 0.488. The Morgan fingerprint density at radius 2 is 1.81 bits per heavy atom. The van der Waals surface area contributed by atoms with Crippen LogP contribution in [0, 0.1) is 0 Å². The van der Waals surface area contributed by atoms with Gasteiger partial charge >= 0.3 is 6.09 Å². The molecule has 0 spiro atoms. The fraction of sp³-hybridized carbons (Fsp3) is 0.444. The molecule has 1 saturated carbocycles. The van der Waals surface area contributed by atoms with Gasteiger partial charge in [0.1, 0.15) is 5.82 Å². The highest BCUT2D eigenvalue weighted by Crippen LogP contribution is 2.33. The van der Waals surface area contributed by atoms with Gasteiger partial charge in [-0.15, -0.1) is 0 Å². The minimum Gasteiger partial charge on any atom is -0.465 e. The third-order valence-corrected chi connectivity index (χ3v) is 6.52. The van der Waals surface area contributed by atoms with Crippen molar-refractivity contribution < 1.29 is 18.3 Å². The van der Waals surface area contributed by atoms with Crippen LogP contribution in [-0.4, -0.2) is 34.6 Å². The summed E-state index contributed by atoms with van der Waals surface area (Å²) in [7, 11) is -1.33. The highest BCUT2D eigenvalue weighted by molar-refractivity contribution is 7.92. The number of sulfone groups is 1. The highest BCUT2D eigenvalue weighted by atomic mass is 35.5. The summed E-state index contributed by atoms with van der Waals surface area (Å²) >= 11 is 5.66. The van der Waals surface area contributed by atoms with Crippen molar-refractivity contribution in [2.75, 3.05) is 5.32 Å². The Balaban J connectivity index is 0.000000194. The molecule has 0 radical (unpaired) electrons. The molecule has 0 saturated heterocycles. The van der Waals surface area contributed by atoms with Crippen molar-refractivity contribution in [3.05, 3.63) is 41.0 Å². The molecule has 2 aromatic rings. The van der Waals surface area contributed by atoms with Gasteiger partial charge in [-0.3, -0.25) is 10.00 Å². The molecule has 27 heavy (non-hydrogen) atoms. The summed E-state index contributed by atoms with van der Waals surface area (Å²) < 4.78 is 24.8. The molecule has 148 valence electrons. The second-order valence-corrected chi connectivity index (χ2v) is 10.1. The van der Waals surface area contributed by atoms with Crippen LogP contribution in [0.5, 0.6) is 0 Å². The number of benzene rings is 1. The van der Waals surface area contributed by atoms with Crippen LogP contribution in [0.1, 0.15) is 39.3 Å². The van der Waals surface area contributed by atoms with Gasteiger partial charge in [-0.25, -0.2) is 13.2 Å². The van der Waals surface area contributed by atoms with Gasteiger partial charge in [-0.2, -0.15) is 5.10 Å². The van der Waals surface area contributed by atoms with Gasteiger partial charge in [-0.05, 0) is 37.1 Å². The first-order valence-electron chi connectivity index (χ1n) is 8.45. The number of carboxylic acid groups (broad SMARTS) is 1. The van der Waals surface area contributed by atoms with Crippen LogP contribution in [0.4, 0.5) is 10.6 Å². The number of aryl methyl sites for hydroxylation is 1. The van der Waals surface area contributed by atoms with Crippen LogP contribution >= 0.6 is 11.6 Å². The average molecular weight is 414 g/mol. The second kappa shape index (κ2) is 7.90. The van der Waals surface area contributed by atoms with Crippen LogP contribution in [-0.2, 0) is 22.3 Å². The van der Waals surface area contributed by atoms with Gasteiger partial charge in [0.25, 0.3) is 0 Å². The van der Waals surface area contributed by atoms with E-state index in [2.05, 4.69) is 10.4 Å². The van der Waals surface area contributed by atoms with Crippen LogP contribution in [0.2, 0.25) is 5.02 Å². The molecular formula is C18H24ClN3O4S. The van der Waals surface area contributed by atoms with Gasteiger partial charge in [0.05, 0.1) is 15.8 Å². The molecule has 9 heteroatoms. The maximum atomic E-state index is 11.7. The summed E-state index contributed by atoms with van der Waals surface area (Å²) in [6.45, 7) is 6.08. The number of rotatable bonds is 3. The largest absolute Gasteiger partial charge is 0.465 e. The lowest BCUT2D eigenvalue weighted by Crippen LogP contribution is -2.12. The lowest BCUT2D eigenvalue weighted by Gasteiger charge is -2.13. The third-order valence-electron chi connectivity index (χ3n) is 3.99. The van der Waals surface area contributed by atoms with Crippen molar-refractivity contribution in [1.82, 2.24) is 9.78 Å². The van der Waals surface area contributed by atoms with Crippen molar-refractivity contribution in [3.63, 3.8) is 0 Å². The van der Waals surface area contributed by atoms with E-state index in [4.69, 9.17) is 16.7 Å². The zero-order chi connectivity index (χ0) is 20.4. The average Bonchev–Trinajstić information content (AvgIpc) is 3.33.